The molecule has 10 nitrogen and oxygen atoms in total. The lowest BCUT2D eigenvalue weighted by Gasteiger charge is -2.43. The summed E-state index contributed by atoms with van der Waals surface area (Å²) in [5.74, 6) is -1.44. The Hall–Kier alpha value is -3.92. The largest absolute Gasteiger partial charge is 0.484 e. The zero-order valence-corrected chi connectivity index (χ0v) is 20.9. The molecule has 196 valence electrons. The van der Waals surface area contributed by atoms with E-state index < -0.39 is 54.7 Å². The van der Waals surface area contributed by atoms with Crippen molar-refractivity contribution in [3.63, 3.8) is 0 Å². The molecule has 2 heterocycles. The van der Waals surface area contributed by atoms with Crippen LogP contribution in [0.3, 0.4) is 0 Å². The molecule has 4 rings (SSSR count). The minimum atomic E-state index is -1.26. The van der Waals surface area contributed by atoms with Gasteiger partial charge in [-0.2, -0.15) is 0 Å². The van der Waals surface area contributed by atoms with Gasteiger partial charge in [0.2, 0.25) is 12.4 Å². The fraction of sp³-hybridized carbons (Fsp3) is 0.407. The molecule has 0 aromatic heterocycles. The Balaban J connectivity index is 1.59. The molecule has 0 aliphatic carbocycles. The van der Waals surface area contributed by atoms with Crippen LogP contribution in [0.1, 0.15) is 56.1 Å². The summed E-state index contributed by atoms with van der Waals surface area (Å²) in [6, 6.07) is 14.2. The molecule has 2 aromatic rings. The van der Waals surface area contributed by atoms with Crippen molar-refractivity contribution in [1.82, 2.24) is 0 Å². The van der Waals surface area contributed by atoms with Crippen molar-refractivity contribution < 1.29 is 47.6 Å². The number of hydrogen-bond donors (Lipinski definition) is 0. The zero-order chi connectivity index (χ0) is 26.7. The molecule has 37 heavy (non-hydrogen) atoms. The lowest BCUT2D eigenvalue weighted by Crippen LogP contribution is -2.62. The van der Waals surface area contributed by atoms with Crippen molar-refractivity contribution in [3.05, 3.63) is 59.7 Å². The van der Waals surface area contributed by atoms with Gasteiger partial charge >= 0.3 is 17.9 Å². The third kappa shape index (κ3) is 6.08. The van der Waals surface area contributed by atoms with Gasteiger partial charge in [0.1, 0.15) is 17.6 Å². The highest BCUT2D eigenvalue weighted by Crippen LogP contribution is 2.38. The van der Waals surface area contributed by atoms with Gasteiger partial charge in [0.15, 0.2) is 18.0 Å². The number of Topliss-reactive ketones (excluding diaryl/α,β-unsaturated/α-hetero) is 1. The summed E-state index contributed by atoms with van der Waals surface area (Å²) < 4.78 is 34.0. The summed E-state index contributed by atoms with van der Waals surface area (Å²) >= 11 is 0. The number of esters is 3. The van der Waals surface area contributed by atoms with Gasteiger partial charge < -0.3 is 28.4 Å². The maximum absolute atomic E-state index is 13.0. The number of carbonyl (C=O) groups is 4. The van der Waals surface area contributed by atoms with E-state index in [0.29, 0.717) is 11.3 Å². The molecule has 1 fully saturated rings. The SMILES string of the molecule is CC(=O)O[C@@H]1[C@@H](OC(C)=O)[C@H](C)O[C@@H](Oc2ccc3c(c2)C(=O)C[C@@H](c2ccccc2)O3)[C@@H]1OC(C)=O. The van der Waals surface area contributed by atoms with Crippen LogP contribution in [0.25, 0.3) is 0 Å². The lowest BCUT2D eigenvalue weighted by atomic mass is 9.96. The van der Waals surface area contributed by atoms with Crippen LogP contribution in [-0.2, 0) is 33.3 Å². The van der Waals surface area contributed by atoms with Crippen molar-refractivity contribution in [2.24, 2.45) is 0 Å². The summed E-state index contributed by atoms with van der Waals surface area (Å²) in [6.45, 7) is 5.18. The Morgan fingerprint density at radius 2 is 1.46 bits per heavy atom. The van der Waals surface area contributed by atoms with Gasteiger partial charge in [-0.05, 0) is 30.7 Å². The molecule has 2 aliphatic rings. The van der Waals surface area contributed by atoms with Crippen LogP contribution in [-0.4, -0.2) is 54.4 Å². The first-order chi connectivity index (χ1) is 17.6. The van der Waals surface area contributed by atoms with Crippen LogP contribution in [0.2, 0.25) is 0 Å². The minimum absolute atomic E-state index is 0.122. The van der Waals surface area contributed by atoms with Crippen LogP contribution < -0.4 is 9.47 Å². The molecule has 2 aliphatic heterocycles. The first-order valence-electron chi connectivity index (χ1n) is 11.8. The molecule has 0 bridgehead atoms. The molecule has 0 unspecified atom stereocenters. The predicted molar refractivity (Wildman–Crippen MR) is 127 cm³/mol. The van der Waals surface area contributed by atoms with E-state index >= 15 is 0 Å². The number of ether oxygens (including phenoxy) is 6. The Bertz CT molecular complexity index is 1180. The van der Waals surface area contributed by atoms with E-state index in [-0.39, 0.29) is 18.0 Å². The van der Waals surface area contributed by atoms with Crippen molar-refractivity contribution in [1.29, 1.82) is 0 Å². The molecule has 0 amide bonds. The second-order valence-corrected chi connectivity index (χ2v) is 8.85. The van der Waals surface area contributed by atoms with E-state index in [1.54, 1.807) is 19.1 Å². The number of carbonyl (C=O) groups excluding carboxylic acids is 4. The van der Waals surface area contributed by atoms with Gasteiger partial charge in [0, 0.05) is 20.8 Å². The highest BCUT2D eigenvalue weighted by Gasteiger charge is 2.51. The molecule has 0 N–H and O–H groups in total. The average Bonchev–Trinajstić information content (AvgIpc) is 2.84. The van der Waals surface area contributed by atoms with Crippen molar-refractivity contribution in [2.75, 3.05) is 0 Å². The Morgan fingerprint density at radius 1 is 0.838 bits per heavy atom. The van der Waals surface area contributed by atoms with Crippen LogP contribution >= 0.6 is 0 Å². The smallest absolute Gasteiger partial charge is 0.303 e. The van der Waals surface area contributed by atoms with E-state index in [4.69, 9.17) is 28.4 Å². The number of benzene rings is 2. The first-order valence-corrected chi connectivity index (χ1v) is 11.8. The summed E-state index contributed by atoms with van der Waals surface area (Å²) in [6.07, 6.45) is -5.73. The van der Waals surface area contributed by atoms with Gasteiger partial charge in [-0.3, -0.25) is 19.2 Å². The van der Waals surface area contributed by atoms with E-state index in [9.17, 15) is 19.2 Å². The third-order valence-electron chi connectivity index (χ3n) is 5.95. The third-order valence-corrected chi connectivity index (χ3v) is 5.95. The molecule has 1 saturated heterocycles. The second kappa shape index (κ2) is 11.0. The molecule has 2 aromatic carbocycles. The Labute approximate surface area is 213 Å². The molecule has 0 radical (unpaired) electrons. The highest BCUT2D eigenvalue weighted by atomic mass is 16.7. The number of fused-ring (bicyclic) bond motifs is 1. The lowest BCUT2D eigenvalue weighted by molar-refractivity contribution is -0.280. The Morgan fingerprint density at radius 3 is 2.11 bits per heavy atom. The summed E-state index contributed by atoms with van der Waals surface area (Å²) in [4.78, 5) is 48.3. The number of ketones is 1. The molecule has 0 spiro atoms. The monoisotopic (exact) mass is 512 g/mol. The van der Waals surface area contributed by atoms with Gasteiger partial charge in [-0.15, -0.1) is 0 Å². The minimum Gasteiger partial charge on any atom is -0.484 e. The fourth-order valence-electron chi connectivity index (χ4n) is 4.43. The summed E-state index contributed by atoms with van der Waals surface area (Å²) in [5.41, 5.74) is 1.24. The molecule has 6 atom stereocenters. The molecular weight excluding hydrogens is 484 g/mol. The van der Waals surface area contributed by atoms with Crippen LogP contribution in [0, 0.1) is 0 Å². The van der Waals surface area contributed by atoms with Crippen LogP contribution in [0.15, 0.2) is 48.5 Å². The van der Waals surface area contributed by atoms with E-state index in [1.165, 1.54) is 26.8 Å². The second-order valence-electron chi connectivity index (χ2n) is 8.85. The highest BCUT2D eigenvalue weighted by molar-refractivity contribution is 6.00. The van der Waals surface area contributed by atoms with Crippen LogP contribution in [0.4, 0.5) is 0 Å². The van der Waals surface area contributed by atoms with Crippen LogP contribution in [0.5, 0.6) is 11.5 Å². The predicted octanol–water partition coefficient (Wildman–Crippen LogP) is 3.31. The van der Waals surface area contributed by atoms with Crippen molar-refractivity contribution in [3.8, 4) is 11.5 Å². The van der Waals surface area contributed by atoms with Gasteiger partial charge in [-0.1, -0.05) is 30.3 Å². The standard InChI is InChI=1S/C27H28O10/c1-14-24(33-15(2)28)25(34-16(3)29)26(35-17(4)30)27(32-14)36-19-10-11-22-20(12-19)21(31)13-23(37-22)18-8-6-5-7-9-18/h5-12,14,23-27H,13H2,1-4H3/t14-,23-,24-,25+,26+,27-/m0/s1. The van der Waals surface area contributed by atoms with E-state index in [2.05, 4.69) is 0 Å². The average molecular weight is 513 g/mol. The van der Waals surface area contributed by atoms with Gasteiger partial charge in [0.25, 0.3) is 0 Å². The summed E-state index contributed by atoms with van der Waals surface area (Å²) in [7, 11) is 0. The normalized spacial score (nSPS) is 26.8. The zero-order valence-electron chi connectivity index (χ0n) is 20.9. The maximum Gasteiger partial charge on any atom is 0.303 e. The molecule has 0 saturated carbocycles. The van der Waals surface area contributed by atoms with Gasteiger partial charge in [0.05, 0.1) is 18.1 Å². The number of hydrogen-bond acceptors (Lipinski definition) is 10. The topological polar surface area (TPSA) is 124 Å². The quantitative estimate of drug-likeness (QED) is 0.421. The first kappa shape index (κ1) is 26.2. The van der Waals surface area contributed by atoms with E-state index in [0.717, 1.165) is 5.56 Å². The van der Waals surface area contributed by atoms with E-state index in [1.807, 2.05) is 30.3 Å². The fourth-order valence-corrected chi connectivity index (χ4v) is 4.43. The van der Waals surface area contributed by atoms with Crippen molar-refractivity contribution >= 4 is 23.7 Å². The number of rotatable bonds is 6. The van der Waals surface area contributed by atoms with Gasteiger partial charge in [-0.25, -0.2) is 0 Å². The molecule has 10 heteroatoms. The molecular formula is C27H28O10. The Kier molecular flexibility index (Phi) is 7.77. The maximum atomic E-state index is 13.0. The summed E-state index contributed by atoms with van der Waals surface area (Å²) in [5, 5.41) is 0. The van der Waals surface area contributed by atoms with Crippen molar-refractivity contribution in [2.45, 2.75) is 70.9 Å².